The predicted octanol–water partition coefficient (Wildman–Crippen LogP) is 3.86. The van der Waals surface area contributed by atoms with Crippen molar-refractivity contribution < 1.29 is 4.79 Å². The molecule has 0 unspecified atom stereocenters. The quantitative estimate of drug-likeness (QED) is 0.815. The van der Waals surface area contributed by atoms with Gasteiger partial charge >= 0.3 is 0 Å². The van der Waals surface area contributed by atoms with Crippen LogP contribution in [0.4, 0.5) is 5.69 Å². The van der Waals surface area contributed by atoms with Gasteiger partial charge in [0.1, 0.15) is 0 Å². The van der Waals surface area contributed by atoms with Gasteiger partial charge in [0.2, 0.25) is 5.91 Å². The summed E-state index contributed by atoms with van der Waals surface area (Å²) < 4.78 is 0. The Kier molecular flexibility index (Phi) is 4.58. The molecule has 1 amide bonds. The average Bonchev–Trinajstić information content (AvgIpc) is 2.20. The molecule has 0 aliphatic rings. The molecule has 0 aliphatic carbocycles. The lowest BCUT2D eigenvalue weighted by Gasteiger charge is -2.21. The second-order valence-electron chi connectivity index (χ2n) is 5.27. The summed E-state index contributed by atoms with van der Waals surface area (Å²) in [5.74, 6) is 0.318. The summed E-state index contributed by atoms with van der Waals surface area (Å²) in [6, 6.07) is 6.19. The number of anilines is 1. The summed E-state index contributed by atoms with van der Waals surface area (Å²) >= 11 is 5.55. The van der Waals surface area contributed by atoms with Crippen LogP contribution >= 0.6 is 11.6 Å². The molecule has 1 N–H and O–H groups in total. The highest BCUT2D eigenvalue weighted by molar-refractivity contribution is 6.19. The summed E-state index contributed by atoms with van der Waals surface area (Å²) in [6.07, 6.45) is 0.348. The van der Waals surface area contributed by atoms with E-state index in [4.69, 9.17) is 11.6 Å². The van der Waals surface area contributed by atoms with Crippen LogP contribution in [0.1, 0.15) is 38.3 Å². The van der Waals surface area contributed by atoms with Crippen molar-refractivity contribution in [2.75, 3.05) is 11.2 Å². The van der Waals surface area contributed by atoms with Gasteiger partial charge in [-0.2, -0.15) is 0 Å². The minimum atomic E-state index is -0.0332. The number of hydrogen-bond acceptors (Lipinski definition) is 1. The van der Waals surface area contributed by atoms with Gasteiger partial charge in [0.05, 0.1) is 0 Å². The molecule has 0 heterocycles. The fourth-order valence-electron chi connectivity index (χ4n) is 1.52. The van der Waals surface area contributed by atoms with E-state index in [1.807, 2.05) is 19.1 Å². The summed E-state index contributed by atoms with van der Waals surface area (Å²) in [7, 11) is 0. The minimum absolute atomic E-state index is 0.0332. The van der Waals surface area contributed by atoms with E-state index >= 15 is 0 Å². The van der Waals surface area contributed by atoms with Crippen LogP contribution in [0.5, 0.6) is 0 Å². The van der Waals surface area contributed by atoms with Crippen molar-refractivity contribution in [3.8, 4) is 0 Å². The Bertz CT molecular complexity index is 407. The molecule has 1 aromatic rings. The van der Waals surface area contributed by atoms with Crippen LogP contribution in [0.15, 0.2) is 18.2 Å². The van der Waals surface area contributed by atoms with Crippen LogP contribution in [0.3, 0.4) is 0 Å². The monoisotopic (exact) mass is 253 g/mol. The molecular formula is C14H20ClNO. The SMILES string of the molecule is Cc1ccc(C(C)(C)C)cc1NC(=O)CCCl. The van der Waals surface area contributed by atoms with Crippen LogP contribution in [0.2, 0.25) is 0 Å². The first-order valence-electron chi connectivity index (χ1n) is 5.81. The lowest BCUT2D eigenvalue weighted by atomic mass is 9.86. The van der Waals surface area contributed by atoms with E-state index in [-0.39, 0.29) is 11.3 Å². The maximum absolute atomic E-state index is 11.5. The standard InChI is InChI=1S/C14H20ClNO/c1-10-5-6-11(14(2,3)4)9-12(10)16-13(17)7-8-15/h5-6,9H,7-8H2,1-4H3,(H,16,17). The van der Waals surface area contributed by atoms with Crippen molar-refractivity contribution in [3.05, 3.63) is 29.3 Å². The Hall–Kier alpha value is -1.02. The molecule has 94 valence electrons. The zero-order valence-corrected chi connectivity index (χ0v) is 11.7. The molecule has 0 spiro atoms. The fraction of sp³-hybridized carbons (Fsp3) is 0.500. The van der Waals surface area contributed by atoms with Crippen molar-refractivity contribution in [1.29, 1.82) is 0 Å². The van der Waals surface area contributed by atoms with E-state index in [1.165, 1.54) is 5.56 Å². The largest absolute Gasteiger partial charge is 0.326 e. The second-order valence-corrected chi connectivity index (χ2v) is 5.64. The third-order valence-electron chi connectivity index (χ3n) is 2.70. The number of benzene rings is 1. The van der Waals surface area contributed by atoms with Crippen molar-refractivity contribution in [2.24, 2.45) is 0 Å². The number of hydrogen-bond donors (Lipinski definition) is 1. The summed E-state index contributed by atoms with van der Waals surface area (Å²) in [4.78, 5) is 11.5. The molecule has 0 atom stereocenters. The number of carbonyl (C=O) groups excluding carboxylic acids is 1. The van der Waals surface area contributed by atoms with Gasteiger partial charge in [-0.3, -0.25) is 4.79 Å². The highest BCUT2D eigenvalue weighted by Crippen LogP contribution is 2.26. The maximum atomic E-state index is 11.5. The molecule has 2 nitrogen and oxygen atoms in total. The van der Waals surface area contributed by atoms with Gasteiger partial charge in [0.15, 0.2) is 0 Å². The van der Waals surface area contributed by atoms with Crippen LogP contribution in [-0.2, 0) is 10.2 Å². The molecule has 1 aromatic carbocycles. The molecule has 3 heteroatoms. The molecule has 0 bridgehead atoms. The molecule has 0 aliphatic heterocycles. The molecule has 0 saturated heterocycles. The van der Waals surface area contributed by atoms with Gasteiger partial charge in [-0.05, 0) is 29.5 Å². The Morgan fingerprint density at radius 3 is 2.53 bits per heavy atom. The molecule has 0 radical (unpaired) electrons. The minimum Gasteiger partial charge on any atom is -0.326 e. The van der Waals surface area contributed by atoms with E-state index in [0.717, 1.165) is 11.3 Å². The Labute approximate surface area is 108 Å². The fourth-order valence-corrected chi connectivity index (χ4v) is 1.69. The molecule has 0 saturated carbocycles. The number of alkyl halides is 1. The molecule has 0 fully saturated rings. The highest BCUT2D eigenvalue weighted by atomic mass is 35.5. The van der Waals surface area contributed by atoms with E-state index in [9.17, 15) is 4.79 Å². The zero-order valence-electron chi connectivity index (χ0n) is 10.9. The van der Waals surface area contributed by atoms with Crippen LogP contribution in [-0.4, -0.2) is 11.8 Å². The van der Waals surface area contributed by atoms with Crippen molar-refractivity contribution in [2.45, 2.75) is 39.5 Å². The van der Waals surface area contributed by atoms with Crippen molar-refractivity contribution in [3.63, 3.8) is 0 Å². The van der Waals surface area contributed by atoms with E-state index in [0.29, 0.717) is 12.3 Å². The third kappa shape index (κ3) is 4.04. The highest BCUT2D eigenvalue weighted by Gasteiger charge is 2.15. The first-order valence-corrected chi connectivity index (χ1v) is 6.35. The number of nitrogens with one attached hydrogen (secondary N) is 1. The van der Waals surface area contributed by atoms with Gasteiger partial charge < -0.3 is 5.32 Å². The molecule has 17 heavy (non-hydrogen) atoms. The third-order valence-corrected chi connectivity index (χ3v) is 2.89. The first-order chi connectivity index (χ1) is 7.84. The molecule has 0 aromatic heterocycles. The number of rotatable bonds is 3. The van der Waals surface area contributed by atoms with Gasteiger partial charge in [-0.25, -0.2) is 0 Å². The van der Waals surface area contributed by atoms with Gasteiger partial charge in [-0.1, -0.05) is 32.9 Å². The molecule has 1 rings (SSSR count). The Morgan fingerprint density at radius 2 is 2.00 bits per heavy atom. The average molecular weight is 254 g/mol. The lowest BCUT2D eigenvalue weighted by Crippen LogP contribution is -2.15. The number of halogens is 1. The van der Waals surface area contributed by atoms with Crippen molar-refractivity contribution in [1.82, 2.24) is 0 Å². The van der Waals surface area contributed by atoms with Crippen LogP contribution in [0, 0.1) is 6.92 Å². The summed E-state index contributed by atoms with van der Waals surface area (Å²) in [5, 5.41) is 2.90. The van der Waals surface area contributed by atoms with Gasteiger partial charge in [0, 0.05) is 18.0 Å². The number of amides is 1. The number of aryl methyl sites for hydroxylation is 1. The Morgan fingerprint density at radius 1 is 1.35 bits per heavy atom. The maximum Gasteiger partial charge on any atom is 0.225 e. The molecular weight excluding hydrogens is 234 g/mol. The lowest BCUT2D eigenvalue weighted by molar-refractivity contribution is -0.115. The van der Waals surface area contributed by atoms with Gasteiger partial charge in [0.25, 0.3) is 0 Å². The van der Waals surface area contributed by atoms with Crippen molar-refractivity contribution >= 4 is 23.2 Å². The normalized spacial score (nSPS) is 11.4. The second kappa shape index (κ2) is 5.54. The van der Waals surface area contributed by atoms with Crippen LogP contribution < -0.4 is 5.32 Å². The number of carbonyl (C=O) groups is 1. The summed E-state index contributed by atoms with van der Waals surface area (Å²) in [5.41, 5.74) is 3.25. The van der Waals surface area contributed by atoms with E-state index in [1.54, 1.807) is 0 Å². The predicted molar refractivity (Wildman–Crippen MR) is 73.8 cm³/mol. The first kappa shape index (κ1) is 14.0. The smallest absolute Gasteiger partial charge is 0.225 e. The summed E-state index contributed by atoms with van der Waals surface area (Å²) in [6.45, 7) is 8.45. The topological polar surface area (TPSA) is 29.1 Å². The van der Waals surface area contributed by atoms with E-state index in [2.05, 4.69) is 32.2 Å². The Balaban J connectivity index is 2.95. The van der Waals surface area contributed by atoms with Crippen LogP contribution in [0.25, 0.3) is 0 Å². The zero-order chi connectivity index (χ0) is 13.1. The van der Waals surface area contributed by atoms with Gasteiger partial charge in [-0.15, -0.1) is 11.6 Å². The van der Waals surface area contributed by atoms with E-state index < -0.39 is 0 Å².